The number of ether oxygens (including phenoxy) is 2. The Balaban J connectivity index is 1.48. The molecule has 0 fully saturated rings. The van der Waals surface area contributed by atoms with Gasteiger partial charge in [0.1, 0.15) is 23.9 Å². The molecule has 1 amide bonds. The van der Waals surface area contributed by atoms with Crippen LogP contribution in [0.1, 0.15) is 5.56 Å². The van der Waals surface area contributed by atoms with Crippen LogP contribution >= 0.6 is 23.2 Å². The molecule has 0 bridgehead atoms. The summed E-state index contributed by atoms with van der Waals surface area (Å²) in [5.41, 5.74) is 0.978. The molecule has 2 aromatic rings. The Bertz CT molecular complexity index is 801. The lowest BCUT2D eigenvalue weighted by molar-refractivity contribution is -0.126. The molecule has 8 heteroatoms. The van der Waals surface area contributed by atoms with E-state index in [1.165, 1.54) is 6.20 Å². The van der Waals surface area contributed by atoms with Crippen LogP contribution in [0.2, 0.25) is 10.0 Å². The average Bonchev–Trinajstić information content (AvgIpc) is 2.65. The first-order valence-electron chi connectivity index (χ1n) is 8.19. The van der Waals surface area contributed by atoms with Gasteiger partial charge in [0.05, 0.1) is 23.1 Å². The summed E-state index contributed by atoms with van der Waals surface area (Å²) in [5.74, 6) is 1.82. The van der Waals surface area contributed by atoms with Crippen LogP contribution in [0.3, 0.4) is 0 Å². The zero-order valence-corrected chi connectivity index (χ0v) is 15.7. The van der Waals surface area contributed by atoms with Crippen molar-refractivity contribution in [2.75, 3.05) is 32.1 Å². The molecular formula is C18H19Cl2N3O3. The minimum Gasteiger partial charge on any atom is -0.497 e. The number of carbonyl (C=O) groups excluding carboxylic acids is 1. The van der Waals surface area contributed by atoms with Crippen LogP contribution < -0.4 is 20.1 Å². The van der Waals surface area contributed by atoms with Crippen molar-refractivity contribution in [1.82, 2.24) is 10.3 Å². The van der Waals surface area contributed by atoms with E-state index in [-0.39, 0.29) is 11.8 Å². The zero-order chi connectivity index (χ0) is 18.5. The summed E-state index contributed by atoms with van der Waals surface area (Å²) in [5, 5.41) is 6.88. The molecule has 0 saturated carbocycles. The fourth-order valence-electron chi connectivity index (χ4n) is 2.72. The lowest BCUT2D eigenvalue weighted by Gasteiger charge is -2.25. The molecule has 0 radical (unpaired) electrons. The fraction of sp³-hybridized carbons (Fsp3) is 0.333. The van der Waals surface area contributed by atoms with Crippen molar-refractivity contribution in [1.29, 1.82) is 0 Å². The van der Waals surface area contributed by atoms with Gasteiger partial charge in [-0.1, -0.05) is 23.2 Å². The zero-order valence-electron chi connectivity index (χ0n) is 14.2. The van der Waals surface area contributed by atoms with Crippen molar-refractivity contribution < 1.29 is 14.3 Å². The van der Waals surface area contributed by atoms with E-state index in [4.69, 9.17) is 32.7 Å². The highest BCUT2D eigenvalue weighted by molar-refractivity contribution is 6.35. The molecule has 1 aliphatic rings. The number of rotatable bonds is 6. The van der Waals surface area contributed by atoms with Crippen molar-refractivity contribution >= 4 is 34.9 Å². The maximum absolute atomic E-state index is 12.4. The van der Waals surface area contributed by atoms with Crippen LogP contribution in [0.5, 0.6) is 11.5 Å². The summed E-state index contributed by atoms with van der Waals surface area (Å²) in [6, 6.07) is 7.24. The number of halogens is 2. The predicted molar refractivity (Wildman–Crippen MR) is 101 cm³/mol. The van der Waals surface area contributed by atoms with Crippen molar-refractivity contribution in [2.45, 2.75) is 6.42 Å². The maximum atomic E-state index is 12.4. The third kappa shape index (κ3) is 4.51. The molecule has 0 saturated heterocycles. The standard InChI is InChI=1S/C18H19Cl2N3O3/c1-25-14-2-3-16-11(7-14)6-12(10-26-16)18(24)22-5-4-21-17-15(20)8-13(19)9-23-17/h2-3,7-9,12H,4-6,10H2,1H3,(H,21,23)(H,22,24). The number of carbonyl (C=O) groups is 1. The number of aromatic nitrogens is 1. The largest absolute Gasteiger partial charge is 0.497 e. The number of anilines is 1. The minimum atomic E-state index is -0.230. The maximum Gasteiger partial charge on any atom is 0.226 e. The van der Waals surface area contributed by atoms with Gasteiger partial charge in [-0.3, -0.25) is 4.79 Å². The van der Waals surface area contributed by atoms with Gasteiger partial charge in [-0.15, -0.1) is 0 Å². The van der Waals surface area contributed by atoms with Crippen LogP contribution in [-0.4, -0.2) is 37.7 Å². The van der Waals surface area contributed by atoms with E-state index in [1.54, 1.807) is 13.2 Å². The Labute approximate surface area is 161 Å². The van der Waals surface area contributed by atoms with Gasteiger partial charge in [-0.25, -0.2) is 4.98 Å². The normalized spacial score (nSPS) is 15.6. The first kappa shape index (κ1) is 18.6. The quantitative estimate of drug-likeness (QED) is 0.734. The molecule has 3 rings (SSSR count). The molecule has 1 atom stereocenters. The molecule has 138 valence electrons. The number of benzene rings is 1. The average molecular weight is 396 g/mol. The van der Waals surface area contributed by atoms with Gasteiger partial charge in [-0.05, 0) is 36.2 Å². The predicted octanol–water partition coefficient (Wildman–Crippen LogP) is 3.18. The van der Waals surface area contributed by atoms with E-state index in [9.17, 15) is 4.79 Å². The fourth-order valence-corrected chi connectivity index (χ4v) is 3.17. The second-order valence-electron chi connectivity index (χ2n) is 5.89. The second-order valence-corrected chi connectivity index (χ2v) is 6.73. The van der Waals surface area contributed by atoms with E-state index in [1.807, 2.05) is 18.2 Å². The molecule has 2 N–H and O–H groups in total. The molecule has 0 spiro atoms. The molecule has 1 aliphatic heterocycles. The number of fused-ring (bicyclic) bond motifs is 1. The number of amides is 1. The Morgan fingerprint density at radius 3 is 2.96 bits per heavy atom. The monoisotopic (exact) mass is 395 g/mol. The molecule has 6 nitrogen and oxygen atoms in total. The summed E-state index contributed by atoms with van der Waals surface area (Å²) in [6.45, 7) is 1.31. The van der Waals surface area contributed by atoms with Gasteiger partial charge < -0.3 is 20.1 Å². The molecule has 0 aliphatic carbocycles. The van der Waals surface area contributed by atoms with E-state index in [0.717, 1.165) is 17.1 Å². The SMILES string of the molecule is COc1ccc2c(c1)CC(C(=O)NCCNc1ncc(Cl)cc1Cl)CO2. The smallest absolute Gasteiger partial charge is 0.226 e. The van der Waals surface area contributed by atoms with Crippen LogP contribution in [0.25, 0.3) is 0 Å². The number of hydrogen-bond acceptors (Lipinski definition) is 5. The Hall–Kier alpha value is -2.18. The molecular weight excluding hydrogens is 377 g/mol. The molecule has 26 heavy (non-hydrogen) atoms. The van der Waals surface area contributed by atoms with E-state index >= 15 is 0 Å². The summed E-state index contributed by atoms with van der Waals surface area (Å²) in [6.07, 6.45) is 2.13. The number of pyridine rings is 1. The van der Waals surface area contributed by atoms with E-state index < -0.39 is 0 Å². The highest BCUT2D eigenvalue weighted by Gasteiger charge is 2.26. The first-order chi connectivity index (χ1) is 12.6. The van der Waals surface area contributed by atoms with Crippen LogP contribution in [0.4, 0.5) is 5.82 Å². The second kappa shape index (κ2) is 8.47. The van der Waals surface area contributed by atoms with Crippen molar-refractivity contribution in [3.63, 3.8) is 0 Å². The minimum absolute atomic E-state index is 0.0459. The van der Waals surface area contributed by atoms with E-state index in [2.05, 4.69) is 15.6 Å². The van der Waals surface area contributed by atoms with Gasteiger partial charge in [-0.2, -0.15) is 0 Å². The lowest BCUT2D eigenvalue weighted by Crippen LogP contribution is -2.39. The first-order valence-corrected chi connectivity index (χ1v) is 8.94. The summed E-state index contributed by atoms with van der Waals surface area (Å²) < 4.78 is 10.9. The topological polar surface area (TPSA) is 72.5 Å². The van der Waals surface area contributed by atoms with Gasteiger partial charge in [0.25, 0.3) is 0 Å². The number of nitrogens with one attached hydrogen (secondary N) is 2. The summed E-state index contributed by atoms with van der Waals surface area (Å²) in [4.78, 5) is 16.5. The van der Waals surface area contributed by atoms with Crippen molar-refractivity contribution in [3.05, 3.63) is 46.1 Å². The highest BCUT2D eigenvalue weighted by Crippen LogP contribution is 2.30. The van der Waals surface area contributed by atoms with Crippen molar-refractivity contribution in [3.8, 4) is 11.5 Å². The molecule has 1 aromatic carbocycles. The third-order valence-electron chi connectivity index (χ3n) is 4.07. The van der Waals surface area contributed by atoms with Gasteiger partial charge in [0, 0.05) is 19.3 Å². The van der Waals surface area contributed by atoms with E-state index in [0.29, 0.717) is 42.0 Å². The van der Waals surface area contributed by atoms with Gasteiger partial charge in [0.15, 0.2) is 0 Å². The summed E-state index contributed by atoms with van der Waals surface area (Å²) >= 11 is 11.9. The highest BCUT2D eigenvalue weighted by atomic mass is 35.5. The van der Waals surface area contributed by atoms with Crippen LogP contribution in [-0.2, 0) is 11.2 Å². The molecule has 1 aromatic heterocycles. The molecule has 2 heterocycles. The van der Waals surface area contributed by atoms with Crippen LogP contribution in [0.15, 0.2) is 30.5 Å². The Morgan fingerprint density at radius 1 is 1.35 bits per heavy atom. The van der Waals surface area contributed by atoms with Gasteiger partial charge >= 0.3 is 0 Å². The Kier molecular flexibility index (Phi) is 6.06. The number of methoxy groups -OCH3 is 1. The third-order valence-corrected chi connectivity index (χ3v) is 4.56. The lowest BCUT2D eigenvalue weighted by atomic mass is 9.96. The number of hydrogen-bond donors (Lipinski definition) is 2. The van der Waals surface area contributed by atoms with Crippen LogP contribution in [0, 0.1) is 5.92 Å². The number of nitrogens with zero attached hydrogens (tertiary/aromatic N) is 1. The molecule has 1 unspecified atom stereocenters. The van der Waals surface area contributed by atoms with Crippen molar-refractivity contribution in [2.24, 2.45) is 5.92 Å². The Morgan fingerprint density at radius 2 is 2.19 bits per heavy atom. The summed E-state index contributed by atoms with van der Waals surface area (Å²) in [7, 11) is 1.62. The van der Waals surface area contributed by atoms with Gasteiger partial charge in [0.2, 0.25) is 5.91 Å².